The van der Waals surface area contributed by atoms with Crippen molar-refractivity contribution in [1.82, 2.24) is 0 Å². The van der Waals surface area contributed by atoms with E-state index < -0.39 is 19.5 Å². The van der Waals surface area contributed by atoms with E-state index in [9.17, 15) is 3.10 Å². The van der Waals surface area contributed by atoms with Crippen LogP contribution in [0.2, 0.25) is 8.94 Å². The second-order valence-electron chi connectivity index (χ2n) is 2.56. The van der Waals surface area contributed by atoms with Crippen LogP contribution >= 0.6 is 0 Å². The predicted molar refractivity (Wildman–Crippen MR) is 45.9 cm³/mol. The Bertz CT molecular complexity index is 81.3. The Labute approximate surface area is 71.2 Å². The summed E-state index contributed by atoms with van der Waals surface area (Å²) in [5.74, 6) is 0. The van der Waals surface area contributed by atoms with Gasteiger partial charge >= 0.3 is 71.1 Å². The zero-order chi connectivity index (χ0) is 7.82. The molecule has 0 heterocycles. The van der Waals surface area contributed by atoms with Gasteiger partial charge in [-0.05, 0) is 0 Å². The quantitative estimate of drug-likeness (QED) is 0.669. The van der Waals surface area contributed by atoms with Crippen LogP contribution < -0.4 is 0 Å². The summed E-state index contributed by atoms with van der Waals surface area (Å²) in [6.07, 6.45) is 4.77. The molecular formula is C8H18OTe. The van der Waals surface area contributed by atoms with E-state index in [0.29, 0.717) is 0 Å². The summed E-state index contributed by atoms with van der Waals surface area (Å²) < 4.78 is 13.3. The first-order chi connectivity index (χ1) is 4.81. The fourth-order valence-corrected chi connectivity index (χ4v) is 4.78. The summed E-state index contributed by atoms with van der Waals surface area (Å²) in [4.78, 5) is 0. The van der Waals surface area contributed by atoms with Gasteiger partial charge in [0, 0.05) is 0 Å². The van der Waals surface area contributed by atoms with Crippen LogP contribution in [-0.2, 0) is 3.10 Å². The second-order valence-corrected chi connectivity index (χ2v) is 7.40. The topological polar surface area (TPSA) is 17.1 Å². The zero-order valence-electron chi connectivity index (χ0n) is 7.06. The van der Waals surface area contributed by atoms with E-state index in [2.05, 4.69) is 13.8 Å². The minimum absolute atomic E-state index is 1.06. The van der Waals surface area contributed by atoms with E-state index in [1.807, 2.05) is 0 Å². The second kappa shape index (κ2) is 7.69. The molecule has 2 heteroatoms. The first-order valence-electron chi connectivity index (χ1n) is 4.16. The molecule has 10 heavy (non-hydrogen) atoms. The zero-order valence-corrected chi connectivity index (χ0v) is 9.39. The van der Waals surface area contributed by atoms with Gasteiger partial charge in [-0.2, -0.15) is 0 Å². The van der Waals surface area contributed by atoms with Crippen molar-refractivity contribution in [3.05, 3.63) is 0 Å². The normalized spacial score (nSPS) is 10.7. The molecule has 0 fully saturated rings. The molecule has 0 atom stereocenters. The number of hydrogen-bond donors (Lipinski definition) is 0. The van der Waals surface area contributed by atoms with Crippen molar-refractivity contribution in [3.63, 3.8) is 0 Å². The molecule has 0 rings (SSSR count). The van der Waals surface area contributed by atoms with Crippen molar-refractivity contribution in [2.45, 2.75) is 48.5 Å². The molecular weight excluding hydrogens is 240 g/mol. The van der Waals surface area contributed by atoms with Gasteiger partial charge in [-0.25, -0.2) is 0 Å². The number of hydrogen-bond acceptors (Lipinski definition) is 1. The Hall–Kier alpha value is 0.590. The first kappa shape index (κ1) is 10.6. The fraction of sp³-hybridized carbons (Fsp3) is 1.00. The van der Waals surface area contributed by atoms with Gasteiger partial charge in [-0.15, -0.1) is 0 Å². The molecule has 0 aliphatic carbocycles. The summed E-state index contributed by atoms with van der Waals surface area (Å²) >= 11 is -1.76. The van der Waals surface area contributed by atoms with E-state index in [-0.39, 0.29) is 0 Å². The predicted octanol–water partition coefficient (Wildman–Crippen LogP) is 3.01. The molecule has 62 valence electrons. The monoisotopic (exact) mass is 260 g/mol. The molecule has 0 amide bonds. The van der Waals surface area contributed by atoms with E-state index in [1.54, 1.807) is 0 Å². The van der Waals surface area contributed by atoms with Crippen molar-refractivity contribution >= 4 is 19.5 Å². The molecule has 0 spiro atoms. The van der Waals surface area contributed by atoms with Crippen molar-refractivity contribution in [2.24, 2.45) is 0 Å². The number of unbranched alkanes of at least 4 members (excludes halogenated alkanes) is 2. The Morgan fingerprint density at radius 1 is 1.00 bits per heavy atom. The first-order valence-corrected chi connectivity index (χ1v) is 8.41. The average Bonchev–Trinajstić information content (AvgIpc) is 1.97. The summed E-state index contributed by atoms with van der Waals surface area (Å²) in [6, 6.07) is 0. The summed E-state index contributed by atoms with van der Waals surface area (Å²) in [7, 11) is 0. The van der Waals surface area contributed by atoms with Gasteiger partial charge in [0.25, 0.3) is 0 Å². The van der Waals surface area contributed by atoms with Crippen LogP contribution in [0.3, 0.4) is 0 Å². The van der Waals surface area contributed by atoms with Crippen LogP contribution in [-0.4, -0.2) is 19.5 Å². The molecule has 0 aliphatic rings. The van der Waals surface area contributed by atoms with Crippen molar-refractivity contribution < 1.29 is 3.10 Å². The molecule has 0 N–H and O–H groups in total. The van der Waals surface area contributed by atoms with Gasteiger partial charge < -0.3 is 0 Å². The van der Waals surface area contributed by atoms with Gasteiger partial charge in [-0.3, -0.25) is 0 Å². The number of rotatable bonds is 6. The maximum absolute atomic E-state index is 11.2. The SMILES string of the molecule is CCCC[Te](=O)CCCC. The molecule has 0 aliphatic heterocycles. The van der Waals surface area contributed by atoms with E-state index in [4.69, 9.17) is 0 Å². The Morgan fingerprint density at radius 3 is 1.70 bits per heavy atom. The molecule has 0 aromatic heterocycles. The molecule has 0 saturated heterocycles. The van der Waals surface area contributed by atoms with E-state index in [1.165, 1.54) is 25.7 Å². The van der Waals surface area contributed by atoms with E-state index in [0.717, 1.165) is 8.94 Å². The van der Waals surface area contributed by atoms with Crippen molar-refractivity contribution in [1.29, 1.82) is 0 Å². The Kier molecular flexibility index (Phi) is 8.15. The van der Waals surface area contributed by atoms with E-state index >= 15 is 0 Å². The van der Waals surface area contributed by atoms with Crippen LogP contribution in [0.15, 0.2) is 0 Å². The third-order valence-electron chi connectivity index (χ3n) is 1.45. The van der Waals surface area contributed by atoms with Gasteiger partial charge in [0.1, 0.15) is 0 Å². The Balaban J connectivity index is 3.09. The maximum atomic E-state index is 11.2. The summed E-state index contributed by atoms with van der Waals surface area (Å²) in [5, 5.41) is 0. The minimum atomic E-state index is -1.76. The third kappa shape index (κ3) is 6.71. The van der Waals surface area contributed by atoms with Crippen LogP contribution in [0.25, 0.3) is 0 Å². The molecule has 0 unspecified atom stereocenters. The van der Waals surface area contributed by atoms with Gasteiger partial charge in [0.05, 0.1) is 0 Å². The van der Waals surface area contributed by atoms with Crippen LogP contribution in [0.4, 0.5) is 0 Å². The molecule has 0 aromatic carbocycles. The van der Waals surface area contributed by atoms with Crippen LogP contribution in [0.5, 0.6) is 0 Å². The molecule has 0 aromatic rings. The molecule has 0 radical (unpaired) electrons. The molecule has 0 bridgehead atoms. The third-order valence-corrected chi connectivity index (χ3v) is 5.70. The summed E-state index contributed by atoms with van der Waals surface area (Å²) in [6.45, 7) is 4.32. The van der Waals surface area contributed by atoms with Crippen molar-refractivity contribution in [3.8, 4) is 0 Å². The summed E-state index contributed by atoms with van der Waals surface area (Å²) in [5.41, 5.74) is 0. The van der Waals surface area contributed by atoms with Gasteiger partial charge in [0.15, 0.2) is 0 Å². The van der Waals surface area contributed by atoms with Gasteiger partial charge in [0.2, 0.25) is 0 Å². The Morgan fingerprint density at radius 2 is 1.40 bits per heavy atom. The molecule has 0 saturated carbocycles. The van der Waals surface area contributed by atoms with Gasteiger partial charge in [-0.1, -0.05) is 0 Å². The molecule has 1 nitrogen and oxygen atoms in total. The fourth-order valence-electron chi connectivity index (χ4n) is 0.713. The van der Waals surface area contributed by atoms with Crippen molar-refractivity contribution in [2.75, 3.05) is 0 Å². The standard InChI is InChI=1S/C8H18OTe/c1-3-5-7-10(9)8-6-4-2/h3-8H2,1-2H3. The van der Waals surface area contributed by atoms with Crippen LogP contribution in [0.1, 0.15) is 39.5 Å². The van der Waals surface area contributed by atoms with Crippen LogP contribution in [0, 0.1) is 0 Å². The average molecular weight is 258 g/mol.